The summed E-state index contributed by atoms with van der Waals surface area (Å²) in [5.74, 6) is 0. The van der Waals surface area contributed by atoms with Gasteiger partial charge in [-0.2, -0.15) is 5.26 Å². The van der Waals surface area contributed by atoms with Crippen molar-refractivity contribution in [3.63, 3.8) is 0 Å². The van der Waals surface area contributed by atoms with Gasteiger partial charge in [0.25, 0.3) is 0 Å². The predicted octanol–water partition coefficient (Wildman–Crippen LogP) is 2.40. The summed E-state index contributed by atoms with van der Waals surface area (Å²) in [6.45, 7) is 3.38. The minimum absolute atomic E-state index is 0.473. The van der Waals surface area contributed by atoms with Gasteiger partial charge in [0, 0.05) is 24.1 Å². The Hall–Kier alpha value is -1.10. The highest BCUT2D eigenvalue weighted by atomic mass is 79.9. The molecule has 1 rings (SSSR count). The third kappa shape index (κ3) is 5.12. The second-order valence-electron chi connectivity index (χ2n) is 4.34. The Morgan fingerprint density at radius 2 is 2.15 bits per heavy atom. The van der Waals surface area contributed by atoms with Gasteiger partial charge >= 0.3 is 0 Å². The van der Waals surface area contributed by atoms with Crippen LogP contribution in [0.1, 0.15) is 18.9 Å². The highest BCUT2D eigenvalue weighted by Gasteiger charge is 2.13. The van der Waals surface area contributed by atoms with Crippen LogP contribution < -0.4 is 5.32 Å². The zero-order chi connectivity index (χ0) is 15.2. The summed E-state index contributed by atoms with van der Waals surface area (Å²) in [6, 6.07) is 7.56. The first-order chi connectivity index (χ1) is 9.38. The van der Waals surface area contributed by atoms with E-state index in [2.05, 4.69) is 27.3 Å². The maximum Gasteiger partial charge on any atom is 0.211 e. The van der Waals surface area contributed by atoms with Crippen molar-refractivity contribution in [2.75, 3.05) is 31.2 Å². The van der Waals surface area contributed by atoms with Gasteiger partial charge in [-0.1, -0.05) is 22.9 Å². The van der Waals surface area contributed by atoms with E-state index < -0.39 is 10.0 Å². The van der Waals surface area contributed by atoms with Crippen LogP contribution in [0.3, 0.4) is 0 Å². The van der Waals surface area contributed by atoms with Crippen molar-refractivity contribution in [3.8, 4) is 6.07 Å². The largest absolute Gasteiger partial charge is 0.384 e. The van der Waals surface area contributed by atoms with Crippen LogP contribution in [-0.4, -0.2) is 38.6 Å². The van der Waals surface area contributed by atoms with Crippen LogP contribution in [0.5, 0.6) is 0 Å². The van der Waals surface area contributed by atoms with E-state index in [1.54, 1.807) is 6.07 Å². The van der Waals surface area contributed by atoms with Gasteiger partial charge in [-0.15, -0.1) is 0 Å². The molecule has 20 heavy (non-hydrogen) atoms. The fraction of sp³-hybridized carbons (Fsp3) is 0.462. The van der Waals surface area contributed by atoms with Crippen LogP contribution in [0, 0.1) is 11.3 Å². The Morgan fingerprint density at radius 3 is 2.70 bits per heavy atom. The van der Waals surface area contributed by atoms with Gasteiger partial charge in [-0.25, -0.2) is 12.7 Å². The average Bonchev–Trinajstić information content (AvgIpc) is 2.38. The number of sulfonamides is 1. The standard InChI is InChI=1S/C13H18BrN3O2S/c1-3-17(20(2,18)19)8-4-7-16-13-6-5-12(14)9-11(13)10-15/h5-6,9,16H,3-4,7-8H2,1-2H3. The first-order valence-corrected chi connectivity index (χ1v) is 8.91. The Labute approximate surface area is 128 Å². The maximum atomic E-state index is 11.4. The molecule has 0 saturated heterocycles. The number of nitrogens with one attached hydrogen (secondary N) is 1. The molecule has 0 amide bonds. The van der Waals surface area contributed by atoms with E-state index >= 15 is 0 Å². The van der Waals surface area contributed by atoms with Crippen LogP contribution in [0.4, 0.5) is 5.69 Å². The van der Waals surface area contributed by atoms with Crippen LogP contribution in [-0.2, 0) is 10.0 Å². The molecule has 0 radical (unpaired) electrons. The number of nitrogens with zero attached hydrogens (tertiary/aromatic N) is 2. The molecule has 1 N–H and O–H groups in total. The predicted molar refractivity (Wildman–Crippen MR) is 84.1 cm³/mol. The second-order valence-corrected chi connectivity index (χ2v) is 7.23. The molecular formula is C13H18BrN3O2S. The first kappa shape index (κ1) is 17.0. The Morgan fingerprint density at radius 1 is 1.45 bits per heavy atom. The minimum atomic E-state index is -3.13. The molecule has 0 heterocycles. The van der Waals surface area contributed by atoms with Gasteiger partial charge in [-0.3, -0.25) is 0 Å². The second kappa shape index (κ2) is 7.62. The van der Waals surface area contributed by atoms with E-state index in [1.807, 2.05) is 19.1 Å². The zero-order valence-corrected chi connectivity index (χ0v) is 14.0. The molecule has 0 aliphatic heterocycles. The van der Waals surface area contributed by atoms with Gasteiger partial charge in [0.1, 0.15) is 6.07 Å². The number of halogens is 1. The van der Waals surface area contributed by atoms with E-state index in [0.29, 0.717) is 31.6 Å². The lowest BCUT2D eigenvalue weighted by molar-refractivity contribution is 0.429. The fourth-order valence-electron chi connectivity index (χ4n) is 1.80. The number of hydrogen-bond donors (Lipinski definition) is 1. The molecule has 0 aromatic heterocycles. The quantitative estimate of drug-likeness (QED) is 0.758. The Bertz CT molecular complexity index is 596. The molecule has 0 spiro atoms. The van der Waals surface area contributed by atoms with Gasteiger partial charge in [0.2, 0.25) is 10.0 Å². The maximum absolute atomic E-state index is 11.4. The van der Waals surface area contributed by atoms with Crippen LogP contribution in [0.15, 0.2) is 22.7 Å². The normalized spacial score (nSPS) is 11.3. The summed E-state index contributed by atoms with van der Waals surface area (Å²) in [5, 5.41) is 12.2. The number of benzene rings is 1. The lowest BCUT2D eigenvalue weighted by Gasteiger charge is -2.18. The molecule has 7 heteroatoms. The SMILES string of the molecule is CCN(CCCNc1ccc(Br)cc1C#N)S(C)(=O)=O. The number of hydrogen-bond acceptors (Lipinski definition) is 4. The number of rotatable bonds is 7. The van der Waals surface area contributed by atoms with Crippen LogP contribution in [0.25, 0.3) is 0 Å². The summed E-state index contributed by atoms with van der Waals surface area (Å²) in [6.07, 6.45) is 1.90. The molecule has 110 valence electrons. The lowest BCUT2D eigenvalue weighted by atomic mass is 10.2. The van der Waals surface area contributed by atoms with E-state index in [1.165, 1.54) is 10.6 Å². The molecule has 0 aliphatic rings. The number of anilines is 1. The van der Waals surface area contributed by atoms with Crippen molar-refractivity contribution in [1.29, 1.82) is 5.26 Å². The highest BCUT2D eigenvalue weighted by Crippen LogP contribution is 2.20. The van der Waals surface area contributed by atoms with Crippen molar-refractivity contribution >= 4 is 31.6 Å². The van der Waals surface area contributed by atoms with E-state index in [9.17, 15) is 8.42 Å². The monoisotopic (exact) mass is 359 g/mol. The molecule has 0 unspecified atom stereocenters. The molecule has 5 nitrogen and oxygen atoms in total. The smallest absolute Gasteiger partial charge is 0.211 e. The molecule has 0 aliphatic carbocycles. The van der Waals surface area contributed by atoms with Crippen molar-refractivity contribution in [2.24, 2.45) is 0 Å². The van der Waals surface area contributed by atoms with Crippen molar-refractivity contribution < 1.29 is 8.42 Å². The summed E-state index contributed by atoms with van der Waals surface area (Å²) in [4.78, 5) is 0. The molecule has 1 aromatic carbocycles. The van der Waals surface area contributed by atoms with Crippen molar-refractivity contribution in [3.05, 3.63) is 28.2 Å². The summed E-state index contributed by atoms with van der Waals surface area (Å²) in [5.41, 5.74) is 1.33. The minimum Gasteiger partial charge on any atom is -0.384 e. The zero-order valence-electron chi connectivity index (χ0n) is 11.6. The van der Waals surface area contributed by atoms with Gasteiger partial charge < -0.3 is 5.32 Å². The third-order valence-electron chi connectivity index (χ3n) is 2.82. The Balaban J connectivity index is 2.52. The molecule has 0 fully saturated rings. The number of nitriles is 1. The van der Waals surface area contributed by atoms with Gasteiger partial charge in [-0.05, 0) is 24.6 Å². The first-order valence-electron chi connectivity index (χ1n) is 6.27. The van der Waals surface area contributed by atoms with E-state index in [-0.39, 0.29) is 0 Å². The molecule has 1 aromatic rings. The highest BCUT2D eigenvalue weighted by molar-refractivity contribution is 9.10. The van der Waals surface area contributed by atoms with Gasteiger partial charge in [0.05, 0.1) is 17.5 Å². The summed E-state index contributed by atoms with van der Waals surface area (Å²) in [7, 11) is -3.13. The lowest BCUT2D eigenvalue weighted by Crippen LogP contribution is -2.31. The van der Waals surface area contributed by atoms with Crippen molar-refractivity contribution in [1.82, 2.24) is 4.31 Å². The topological polar surface area (TPSA) is 73.2 Å². The third-order valence-corrected chi connectivity index (χ3v) is 4.70. The Kier molecular flexibility index (Phi) is 6.46. The molecule has 0 saturated carbocycles. The van der Waals surface area contributed by atoms with E-state index in [0.717, 1.165) is 10.2 Å². The van der Waals surface area contributed by atoms with Crippen LogP contribution in [0.2, 0.25) is 0 Å². The van der Waals surface area contributed by atoms with Crippen molar-refractivity contribution in [2.45, 2.75) is 13.3 Å². The summed E-state index contributed by atoms with van der Waals surface area (Å²) < 4.78 is 25.1. The van der Waals surface area contributed by atoms with Gasteiger partial charge in [0.15, 0.2) is 0 Å². The summed E-state index contributed by atoms with van der Waals surface area (Å²) >= 11 is 3.32. The molecular weight excluding hydrogens is 342 g/mol. The van der Waals surface area contributed by atoms with Crippen LogP contribution >= 0.6 is 15.9 Å². The average molecular weight is 360 g/mol. The van der Waals surface area contributed by atoms with E-state index in [4.69, 9.17) is 5.26 Å². The molecule has 0 atom stereocenters. The fourth-order valence-corrected chi connectivity index (χ4v) is 3.09. The molecule has 0 bridgehead atoms.